The summed E-state index contributed by atoms with van der Waals surface area (Å²) in [6, 6.07) is 5.60. The summed E-state index contributed by atoms with van der Waals surface area (Å²) < 4.78 is 0. The lowest BCUT2D eigenvalue weighted by Gasteiger charge is -2.13. The Hall–Kier alpha value is -1.46. The van der Waals surface area contributed by atoms with E-state index < -0.39 is 27.9 Å². The molecular formula is C14H6Cl4O4. The minimum atomic E-state index is -1.50. The van der Waals surface area contributed by atoms with Gasteiger partial charge in [-0.1, -0.05) is 58.5 Å². The molecule has 0 atom stereocenters. The second-order valence-electron chi connectivity index (χ2n) is 4.16. The highest BCUT2D eigenvalue weighted by Gasteiger charge is 2.30. The van der Waals surface area contributed by atoms with E-state index >= 15 is 0 Å². The van der Waals surface area contributed by atoms with E-state index in [1.807, 2.05) is 0 Å². The molecule has 0 heterocycles. The Kier molecular flexibility index (Phi) is 4.87. The predicted octanol–water partition coefficient (Wildman–Crippen LogP) is 4.94. The zero-order chi connectivity index (χ0) is 16.6. The number of hydrogen-bond donors (Lipinski definition) is 2. The molecule has 0 aliphatic heterocycles. The van der Waals surface area contributed by atoms with Gasteiger partial charge in [0.2, 0.25) is 0 Å². The number of carboxylic acid groups (broad SMARTS) is 1. The van der Waals surface area contributed by atoms with Crippen molar-refractivity contribution >= 4 is 58.2 Å². The average molecular weight is 380 g/mol. The normalized spacial score (nSPS) is 10.5. The molecule has 114 valence electrons. The van der Waals surface area contributed by atoms with Gasteiger partial charge < -0.3 is 10.2 Å². The SMILES string of the molecule is O=C(O)c1c(Cl)c(Cl)c(Cl)c(Cl)c1C(=O)c1ccccc1O. The lowest BCUT2D eigenvalue weighted by atomic mass is 9.97. The number of halogens is 4. The van der Waals surface area contributed by atoms with Crippen molar-refractivity contribution in [1.29, 1.82) is 0 Å². The third-order valence-corrected chi connectivity index (χ3v) is 4.66. The molecule has 2 aromatic carbocycles. The van der Waals surface area contributed by atoms with Crippen molar-refractivity contribution in [2.75, 3.05) is 0 Å². The topological polar surface area (TPSA) is 74.6 Å². The Bertz CT molecular complexity index is 802. The van der Waals surface area contributed by atoms with Gasteiger partial charge in [-0.2, -0.15) is 0 Å². The van der Waals surface area contributed by atoms with Crippen molar-refractivity contribution in [2.24, 2.45) is 0 Å². The second kappa shape index (κ2) is 6.34. The van der Waals surface area contributed by atoms with Gasteiger partial charge in [0.15, 0.2) is 5.78 Å². The third kappa shape index (κ3) is 2.75. The van der Waals surface area contributed by atoms with Gasteiger partial charge in [-0.05, 0) is 12.1 Å². The van der Waals surface area contributed by atoms with Crippen LogP contribution in [0.2, 0.25) is 20.1 Å². The number of hydrogen-bond acceptors (Lipinski definition) is 3. The van der Waals surface area contributed by atoms with E-state index in [2.05, 4.69) is 0 Å². The van der Waals surface area contributed by atoms with Crippen molar-refractivity contribution in [3.63, 3.8) is 0 Å². The largest absolute Gasteiger partial charge is 0.507 e. The lowest BCUT2D eigenvalue weighted by Crippen LogP contribution is -2.12. The summed E-state index contributed by atoms with van der Waals surface area (Å²) in [5.41, 5.74) is -1.15. The molecule has 0 radical (unpaired) electrons. The molecule has 0 saturated carbocycles. The number of carbonyl (C=O) groups is 2. The van der Waals surface area contributed by atoms with Crippen LogP contribution in [0.25, 0.3) is 0 Å². The zero-order valence-corrected chi connectivity index (χ0v) is 13.6. The lowest BCUT2D eigenvalue weighted by molar-refractivity contribution is 0.0693. The van der Waals surface area contributed by atoms with Crippen LogP contribution in [-0.4, -0.2) is 22.0 Å². The predicted molar refractivity (Wildman–Crippen MR) is 85.0 cm³/mol. The minimum Gasteiger partial charge on any atom is -0.507 e. The molecule has 2 aromatic rings. The highest BCUT2D eigenvalue weighted by atomic mass is 35.5. The van der Waals surface area contributed by atoms with Crippen molar-refractivity contribution in [2.45, 2.75) is 0 Å². The van der Waals surface area contributed by atoms with Gasteiger partial charge in [0.25, 0.3) is 0 Å². The van der Waals surface area contributed by atoms with Crippen LogP contribution in [0.4, 0.5) is 0 Å². The molecule has 2 N–H and O–H groups in total. The van der Waals surface area contributed by atoms with E-state index in [0.29, 0.717) is 0 Å². The molecule has 0 aromatic heterocycles. The monoisotopic (exact) mass is 378 g/mol. The fourth-order valence-electron chi connectivity index (χ4n) is 1.85. The first-order valence-corrected chi connectivity index (χ1v) is 7.20. The van der Waals surface area contributed by atoms with Crippen LogP contribution in [0.5, 0.6) is 5.75 Å². The van der Waals surface area contributed by atoms with Crippen LogP contribution in [0.3, 0.4) is 0 Å². The van der Waals surface area contributed by atoms with Crippen LogP contribution >= 0.6 is 46.4 Å². The first kappa shape index (κ1) is 16.9. The molecule has 8 heteroatoms. The van der Waals surface area contributed by atoms with E-state index in [9.17, 15) is 19.8 Å². The molecule has 0 bridgehead atoms. The Balaban J connectivity index is 2.83. The number of phenolic OH excluding ortho intramolecular Hbond substituents is 1. The number of para-hydroxylation sites is 1. The number of aromatic hydroxyl groups is 1. The first-order chi connectivity index (χ1) is 10.3. The summed E-state index contributed by atoms with van der Waals surface area (Å²) in [7, 11) is 0. The molecule has 0 amide bonds. The van der Waals surface area contributed by atoms with Gasteiger partial charge in [-0.3, -0.25) is 4.79 Å². The number of carbonyl (C=O) groups excluding carboxylic acids is 1. The number of phenols is 1. The van der Waals surface area contributed by atoms with Gasteiger partial charge >= 0.3 is 5.97 Å². The summed E-state index contributed by atoms with van der Waals surface area (Å²) in [5.74, 6) is -2.66. The standard InChI is InChI=1S/C14H6Cl4O4/c15-9-7(13(20)5-3-1-2-4-6(5)19)8(14(21)22)10(16)12(18)11(9)17/h1-4,19H,(H,21,22). The summed E-state index contributed by atoms with van der Waals surface area (Å²) >= 11 is 23.5. The number of ketones is 1. The molecule has 22 heavy (non-hydrogen) atoms. The summed E-state index contributed by atoms with van der Waals surface area (Å²) in [6.07, 6.45) is 0. The van der Waals surface area contributed by atoms with E-state index in [4.69, 9.17) is 46.4 Å². The van der Waals surface area contributed by atoms with Crippen LogP contribution < -0.4 is 0 Å². The van der Waals surface area contributed by atoms with Gasteiger partial charge in [0.1, 0.15) is 5.75 Å². The van der Waals surface area contributed by atoms with Crippen LogP contribution in [0.15, 0.2) is 24.3 Å². The van der Waals surface area contributed by atoms with E-state index in [1.54, 1.807) is 0 Å². The fourth-order valence-corrected chi connectivity index (χ4v) is 2.87. The maximum Gasteiger partial charge on any atom is 0.338 e. The van der Waals surface area contributed by atoms with Gasteiger partial charge in [0, 0.05) is 0 Å². The molecule has 0 aliphatic rings. The second-order valence-corrected chi connectivity index (χ2v) is 5.67. The fraction of sp³-hybridized carbons (Fsp3) is 0. The highest BCUT2D eigenvalue weighted by Crippen LogP contribution is 2.42. The van der Waals surface area contributed by atoms with Gasteiger partial charge in [-0.25, -0.2) is 4.79 Å². The summed E-state index contributed by atoms with van der Waals surface area (Å²) in [6.45, 7) is 0. The molecule has 0 unspecified atom stereocenters. The number of aromatic carboxylic acids is 1. The van der Waals surface area contributed by atoms with Crippen molar-refractivity contribution in [1.82, 2.24) is 0 Å². The van der Waals surface area contributed by atoms with E-state index in [1.165, 1.54) is 24.3 Å². The first-order valence-electron chi connectivity index (χ1n) is 5.69. The maximum atomic E-state index is 12.6. The average Bonchev–Trinajstić information content (AvgIpc) is 2.48. The minimum absolute atomic E-state index is 0.138. The molecule has 0 saturated heterocycles. The molecular weight excluding hydrogens is 374 g/mol. The zero-order valence-electron chi connectivity index (χ0n) is 10.5. The molecule has 2 rings (SSSR count). The Labute approximate surface area is 144 Å². The molecule has 0 fully saturated rings. The van der Waals surface area contributed by atoms with E-state index in [-0.39, 0.29) is 26.4 Å². The van der Waals surface area contributed by atoms with Crippen LogP contribution in [0, 0.1) is 0 Å². The van der Waals surface area contributed by atoms with Crippen LogP contribution in [-0.2, 0) is 0 Å². The Morgan fingerprint density at radius 1 is 0.818 bits per heavy atom. The molecule has 0 spiro atoms. The number of rotatable bonds is 3. The highest BCUT2D eigenvalue weighted by molar-refractivity contribution is 6.54. The summed E-state index contributed by atoms with van der Waals surface area (Å²) in [5, 5.41) is 17.8. The summed E-state index contributed by atoms with van der Waals surface area (Å²) in [4.78, 5) is 24.0. The maximum absolute atomic E-state index is 12.6. The quantitative estimate of drug-likeness (QED) is 0.450. The Morgan fingerprint density at radius 3 is 1.82 bits per heavy atom. The van der Waals surface area contributed by atoms with Crippen molar-refractivity contribution < 1.29 is 19.8 Å². The molecule has 0 aliphatic carbocycles. The van der Waals surface area contributed by atoms with Gasteiger partial charge in [0.05, 0.1) is 36.8 Å². The van der Waals surface area contributed by atoms with Crippen molar-refractivity contribution in [3.8, 4) is 5.75 Å². The molecule has 4 nitrogen and oxygen atoms in total. The third-order valence-electron chi connectivity index (χ3n) is 2.86. The van der Waals surface area contributed by atoms with E-state index in [0.717, 1.165) is 0 Å². The smallest absolute Gasteiger partial charge is 0.338 e. The van der Waals surface area contributed by atoms with Crippen molar-refractivity contribution in [3.05, 3.63) is 61.0 Å². The van der Waals surface area contributed by atoms with Crippen LogP contribution in [0.1, 0.15) is 26.3 Å². The van der Waals surface area contributed by atoms with Gasteiger partial charge in [-0.15, -0.1) is 0 Å². The Morgan fingerprint density at radius 2 is 1.32 bits per heavy atom. The number of carboxylic acids is 1. The number of benzene rings is 2.